The SMILES string of the molecule is OCCn1nnnc1C(CC(c1nnnn1CCO)c1nnnn1CCO)c1n[nH][n+](CCO)n1. The van der Waals surface area contributed by atoms with Gasteiger partial charge in [-0.2, -0.15) is 0 Å². The Bertz CT molecular complexity index is 1140. The normalized spacial score (nSPS) is 12.6. The van der Waals surface area contributed by atoms with Gasteiger partial charge in [0.25, 0.3) is 0 Å². The zero-order valence-electron chi connectivity index (χ0n) is 18.5. The van der Waals surface area contributed by atoms with Crippen molar-refractivity contribution in [3.8, 4) is 0 Å². The second-order valence-electron chi connectivity index (χ2n) is 7.31. The summed E-state index contributed by atoms with van der Waals surface area (Å²) < 4.78 is 4.29. The van der Waals surface area contributed by atoms with Crippen molar-refractivity contribution in [3.05, 3.63) is 23.3 Å². The predicted molar refractivity (Wildman–Crippen MR) is 107 cm³/mol. The van der Waals surface area contributed by atoms with E-state index in [1.165, 1.54) is 18.8 Å². The average molecular weight is 493 g/mol. The molecular formula is C15H25N16O4+. The number of aromatic amines is 1. The van der Waals surface area contributed by atoms with Crippen LogP contribution in [0.4, 0.5) is 0 Å². The fourth-order valence-electron chi connectivity index (χ4n) is 3.65. The molecule has 1 atom stereocenters. The number of aliphatic hydroxyl groups is 4. The zero-order valence-corrected chi connectivity index (χ0v) is 18.5. The first kappa shape index (κ1) is 24.3. The molecule has 35 heavy (non-hydrogen) atoms. The average Bonchev–Trinajstić information content (AvgIpc) is 3.65. The largest absolute Gasteiger partial charge is 0.394 e. The lowest BCUT2D eigenvalue weighted by molar-refractivity contribution is -0.806. The molecule has 0 amide bonds. The molecule has 0 aromatic carbocycles. The van der Waals surface area contributed by atoms with Gasteiger partial charge in [-0.3, -0.25) is 0 Å². The van der Waals surface area contributed by atoms with E-state index in [4.69, 9.17) is 0 Å². The van der Waals surface area contributed by atoms with E-state index in [9.17, 15) is 20.4 Å². The quantitative estimate of drug-likeness (QED) is 0.103. The number of H-pyrrole nitrogens is 1. The summed E-state index contributed by atoms with van der Waals surface area (Å²) in [7, 11) is 0. The molecule has 4 aromatic rings. The summed E-state index contributed by atoms with van der Waals surface area (Å²) in [5, 5.41) is 84.6. The van der Waals surface area contributed by atoms with Gasteiger partial charge in [0, 0.05) is 0 Å². The summed E-state index contributed by atoms with van der Waals surface area (Å²) in [6.07, 6.45) is 0.181. The van der Waals surface area contributed by atoms with Gasteiger partial charge in [0.2, 0.25) is 0 Å². The highest BCUT2D eigenvalue weighted by Crippen LogP contribution is 2.34. The molecule has 0 saturated carbocycles. The van der Waals surface area contributed by atoms with Gasteiger partial charge in [-0.25, -0.2) is 14.0 Å². The minimum Gasteiger partial charge on any atom is -0.394 e. The Morgan fingerprint density at radius 2 is 1.17 bits per heavy atom. The molecule has 0 aliphatic rings. The minimum atomic E-state index is -0.660. The Labute approximate surface area is 196 Å². The molecule has 1 unspecified atom stereocenters. The van der Waals surface area contributed by atoms with E-state index in [1.807, 2.05) is 0 Å². The standard InChI is InChI=1S/C15H24N16O4/c32-5-1-28-13(17-21-25-28)10(12-16-24-31(20-12)4-8-35)9-11(14-18-22-26-29(14)2-6-33)15-19-23-27-30(15)3-7-34/h10-11,32-35H,1-9H2/p+1. The maximum atomic E-state index is 9.48. The molecular weight excluding hydrogens is 468 g/mol. The molecule has 0 aliphatic carbocycles. The van der Waals surface area contributed by atoms with E-state index >= 15 is 0 Å². The molecule has 4 aromatic heterocycles. The zero-order chi connectivity index (χ0) is 24.6. The number of nitrogens with one attached hydrogen (secondary N) is 1. The number of hydrogen-bond acceptors (Lipinski definition) is 15. The van der Waals surface area contributed by atoms with Gasteiger partial charge < -0.3 is 20.4 Å². The van der Waals surface area contributed by atoms with Crippen molar-refractivity contribution in [1.82, 2.24) is 76.0 Å². The second-order valence-corrected chi connectivity index (χ2v) is 7.31. The Morgan fingerprint density at radius 1 is 0.686 bits per heavy atom. The Kier molecular flexibility index (Phi) is 7.97. The van der Waals surface area contributed by atoms with Crippen LogP contribution in [0.25, 0.3) is 0 Å². The van der Waals surface area contributed by atoms with Crippen molar-refractivity contribution >= 4 is 0 Å². The topological polar surface area (TPSA) is 257 Å². The number of hydrogen-bond donors (Lipinski definition) is 5. The van der Waals surface area contributed by atoms with Crippen LogP contribution >= 0.6 is 0 Å². The van der Waals surface area contributed by atoms with Gasteiger partial charge in [-0.15, -0.1) is 15.3 Å². The molecule has 4 heterocycles. The van der Waals surface area contributed by atoms with Gasteiger partial charge in [0.05, 0.1) is 57.1 Å². The van der Waals surface area contributed by atoms with Crippen molar-refractivity contribution in [2.75, 3.05) is 26.4 Å². The van der Waals surface area contributed by atoms with E-state index in [2.05, 4.69) is 62.0 Å². The number of rotatable bonds is 14. The van der Waals surface area contributed by atoms with Crippen LogP contribution in [0.5, 0.6) is 0 Å². The third-order valence-electron chi connectivity index (χ3n) is 5.15. The predicted octanol–water partition coefficient (Wildman–Crippen LogP) is -5.62. The third-order valence-corrected chi connectivity index (χ3v) is 5.15. The smallest absolute Gasteiger partial charge is 0.319 e. The number of aliphatic hydroxyl groups excluding tert-OH is 4. The molecule has 0 aliphatic heterocycles. The first-order chi connectivity index (χ1) is 17.2. The van der Waals surface area contributed by atoms with Crippen molar-refractivity contribution < 1.29 is 25.2 Å². The van der Waals surface area contributed by atoms with Crippen molar-refractivity contribution in [2.24, 2.45) is 0 Å². The summed E-state index contributed by atoms with van der Waals surface area (Å²) in [6, 6.07) is 0. The Morgan fingerprint density at radius 3 is 1.63 bits per heavy atom. The van der Waals surface area contributed by atoms with Gasteiger partial charge >= 0.3 is 5.82 Å². The van der Waals surface area contributed by atoms with Crippen LogP contribution < -0.4 is 4.80 Å². The molecule has 0 spiro atoms. The molecule has 0 bridgehead atoms. The third kappa shape index (κ3) is 5.29. The van der Waals surface area contributed by atoms with E-state index in [1.54, 1.807) is 0 Å². The van der Waals surface area contributed by atoms with Crippen molar-refractivity contribution in [3.63, 3.8) is 0 Å². The summed E-state index contributed by atoms with van der Waals surface area (Å²) in [6.45, 7) is -0.172. The van der Waals surface area contributed by atoms with Crippen LogP contribution in [-0.4, -0.2) is 123 Å². The van der Waals surface area contributed by atoms with Gasteiger partial charge in [0.15, 0.2) is 24.0 Å². The fraction of sp³-hybridized carbons (Fsp3) is 0.733. The first-order valence-electron chi connectivity index (χ1n) is 10.7. The monoisotopic (exact) mass is 493 g/mol. The molecule has 0 fully saturated rings. The Balaban J connectivity index is 1.81. The maximum absolute atomic E-state index is 9.48. The lowest BCUT2D eigenvalue weighted by Gasteiger charge is -2.19. The van der Waals surface area contributed by atoms with E-state index < -0.39 is 11.8 Å². The van der Waals surface area contributed by atoms with E-state index in [-0.39, 0.29) is 59.0 Å². The molecule has 188 valence electrons. The van der Waals surface area contributed by atoms with E-state index in [0.29, 0.717) is 23.3 Å². The molecule has 20 heteroatoms. The number of nitrogens with zero attached hydrogens (tertiary/aromatic N) is 15. The molecule has 20 nitrogen and oxygen atoms in total. The van der Waals surface area contributed by atoms with Gasteiger partial charge in [-0.05, 0) is 48.0 Å². The van der Waals surface area contributed by atoms with Crippen molar-refractivity contribution in [1.29, 1.82) is 0 Å². The highest BCUT2D eigenvalue weighted by Gasteiger charge is 2.38. The molecule has 4 rings (SSSR count). The maximum Gasteiger partial charge on any atom is 0.319 e. The van der Waals surface area contributed by atoms with Crippen LogP contribution in [-0.2, 0) is 26.2 Å². The summed E-state index contributed by atoms with van der Waals surface area (Å²) >= 11 is 0. The second kappa shape index (κ2) is 11.5. The minimum absolute atomic E-state index is 0.129. The highest BCUT2D eigenvalue weighted by molar-refractivity contribution is 5.17. The fourth-order valence-corrected chi connectivity index (χ4v) is 3.65. The highest BCUT2D eigenvalue weighted by atomic mass is 16.3. The number of tetrazole rings is 4. The Hall–Kier alpha value is -3.88. The summed E-state index contributed by atoms with van der Waals surface area (Å²) in [4.78, 5) is 1.36. The van der Waals surface area contributed by atoms with Crippen LogP contribution in [0.2, 0.25) is 0 Å². The van der Waals surface area contributed by atoms with Crippen LogP contribution in [0.15, 0.2) is 0 Å². The molecule has 0 radical (unpaired) electrons. The van der Waals surface area contributed by atoms with Gasteiger partial charge in [0.1, 0.15) is 5.92 Å². The number of aromatic nitrogens is 16. The van der Waals surface area contributed by atoms with Gasteiger partial charge in [-0.1, -0.05) is 4.80 Å². The first-order valence-corrected chi connectivity index (χ1v) is 10.7. The van der Waals surface area contributed by atoms with Crippen LogP contribution in [0.3, 0.4) is 0 Å². The van der Waals surface area contributed by atoms with Crippen molar-refractivity contribution in [2.45, 2.75) is 44.4 Å². The summed E-state index contributed by atoms with van der Waals surface area (Å²) in [5.41, 5.74) is 0. The lowest BCUT2D eigenvalue weighted by atomic mass is 9.91. The molecule has 0 saturated heterocycles. The van der Waals surface area contributed by atoms with Crippen LogP contribution in [0, 0.1) is 0 Å². The molecule has 5 N–H and O–H groups in total. The lowest BCUT2D eigenvalue weighted by Crippen LogP contribution is -2.41. The van der Waals surface area contributed by atoms with Crippen LogP contribution in [0.1, 0.15) is 41.6 Å². The summed E-state index contributed by atoms with van der Waals surface area (Å²) in [5.74, 6) is 0.0702. The van der Waals surface area contributed by atoms with E-state index in [0.717, 1.165) is 0 Å².